The molecule has 0 saturated carbocycles. The number of carbonyl (C=O) groups is 2. The molecule has 6 heteroatoms. The molecule has 2 atom stereocenters. The first kappa shape index (κ1) is 15.8. The first-order valence-electron chi connectivity index (χ1n) is 8.11. The maximum absolute atomic E-state index is 11.9. The highest BCUT2D eigenvalue weighted by Gasteiger charge is 2.26. The van der Waals surface area contributed by atoms with E-state index in [1.165, 1.54) is 0 Å². The van der Waals surface area contributed by atoms with Gasteiger partial charge in [0.2, 0.25) is 11.8 Å². The molecule has 0 spiro atoms. The minimum atomic E-state index is -0.392. The molecule has 0 bridgehead atoms. The lowest BCUT2D eigenvalue weighted by molar-refractivity contribution is -0.125. The summed E-state index contributed by atoms with van der Waals surface area (Å²) in [6.07, 6.45) is 3.36. The van der Waals surface area contributed by atoms with Crippen molar-refractivity contribution in [1.82, 2.24) is 10.6 Å². The molecule has 2 aliphatic rings. The number of hydrogen-bond donors (Lipinski definition) is 2. The van der Waals surface area contributed by atoms with Gasteiger partial charge < -0.3 is 20.1 Å². The molecule has 0 radical (unpaired) electrons. The second kappa shape index (κ2) is 7.46. The van der Waals surface area contributed by atoms with Gasteiger partial charge in [-0.2, -0.15) is 0 Å². The molecule has 6 nitrogen and oxygen atoms in total. The van der Waals surface area contributed by atoms with Crippen LogP contribution >= 0.6 is 0 Å². The van der Waals surface area contributed by atoms with E-state index >= 15 is 0 Å². The summed E-state index contributed by atoms with van der Waals surface area (Å²) in [5.74, 6) is 0.617. The van der Waals surface area contributed by atoms with Gasteiger partial charge in [-0.25, -0.2) is 0 Å². The van der Waals surface area contributed by atoms with Crippen LogP contribution in [0.15, 0.2) is 24.3 Å². The van der Waals surface area contributed by atoms with E-state index in [1.54, 1.807) is 0 Å². The Morgan fingerprint density at radius 1 is 1.30 bits per heavy atom. The zero-order valence-electron chi connectivity index (χ0n) is 13.0. The van der Waals surface area contributed by atoms with Gasteiger partial charge in [-0.1, -0.05) is 12.1 Å². The molecule has 0 aromatic heterocycles. The first-order chi connectivity index (χ1) is 11.2. The normalized spacial score (nSPS) is 23.6. The fraction of sp³-hybridized carbons (Fsp3) is 0.529. The lowest BCUT2D eigenvalue weighted by Gasteiger charge is -2.13. The summed E-state index contributed by atoms with van der Waals surface area (Å²) in [6, 6.07) is 7.26. The quantitative estimate of drug-likeness (QED) is 0.824. The largest absolute Gasteiger partial charge is 0.491 e. The predicted octanol–water partition coefficient (Wildman–Crippen LogP) is 1.14. The summed E-state index contributed by atoms with van der Waals surface area (Å²) >= 11 is 0. The maximum Gasteiger partial charge on any atom is 0.242 e. The number of benzene rings is 1. The Morgan fingerprint density at radius 3 is 2.78 bits per heavy atom. The predicted molar refractivity (Wildman–Crippen MR) is 83.9 cm³/mol. The third kappa shape index (κ3) is 4.45. The minimum absolute atomic E-state index is 0.0575. The van der Waals surface area contributed by atoms with Crippen LogP contribution in [-0.4, -0.2) is 37.2 Å². The highest BCUT2D eigenvalue weighted by Crippen LogP contribution is 2.16. The van der Waals surface area contributed by atoms with Crippen molar-refractivity contribution in [2.45, 2.75) is 44.4 Å². The molecular weight excluding hydrogens is 296 g/mol. The molecule has 2 fully saturated rings. The van der Waals surface area contributed by atoms with Gasteiger partial charge in [-0.3, -0.25) is 9.59 Å². The molecule has 1 aromatic carbocycles. The lowest BCUT2D eigenvalue weighted by Crippen LogP contribution is -2.41. The van der Waals surface area contributed by atoms with Crippen molar-refractivity contribution in [3.63, 3.8) is 0 Å². The van der Waals surface area contributed by atoms with Crippen LogP contribution in [0.1, 0.15) is 31.2 Å². The minimum Gasteiger partial charge on any atom is -0.491 e. The van der Waals surface area contributed by atoms with Gasteiger partial charge in [0.15, 0.2) is 0 Å². The highest BCUT2D eigenvalue weighted by atomic mass is 16.5. The molecule has 2 heterocycles. The standard InChI is InChI=1S/C17H22N2O4/c20-16-8-7-15(19-16)17(21)18-10-12-3-5-13(6-4-12)23-11-14-2-1-9-22-14/h3-6,14-15H,1-2,7-11H2,(H,18,21)(H,19,20)/t14-,15-/m0/s1. The Bertz CT molecular complexity index is 552. The molecule has 0 aliphatic carbocycles. The van der Waals surface area contributed by atoms with E-state index in [9.17, 15) is 9.59 Å². The average Bonchev–Trinajstić information content (AvgIpc) is 3.23. The van der Waals surface area contributed by atoms with Crippen molar-refractivity contribution in [3.05, 3.63) is 29.8 Å². The maximum atomic E-state index is 11.9. The van der Waals surface area contributed by atoms with Crippen molar-refractivity contribution in [2.24, 2.45) is 0 Å². The van der Waals surface area contributed by atoms with Crippen molar-refractivity contribution in [3.8, 4) is 5.75 Å². The number of ether oxygens (including phenoxy) is 2. The van der Waals surface area contributed by atoms with Gasteiger partial charge in [0.05, 0.1) is 6.10 Å². The van der Waals surface area contributed by atoms with E-state index in [-0.39, 0.29) is 17.9 Å². The van der Waals surface area contributed by atoms with Crippen LogP contribution in [-0.2, 0) is 20.9 Å². The van der Waals surface area contributed by atoms with Gasteiger partial charge in [0, 0.05) is 19.6 Å². The van der Waals surface area contributed by atoms with Gasteiger partial charge in [0.25, 0.3) is 0 Å². The van der Waals surface area contributed by atoms with E-state index in [1.807, 2.05) is 24.3 Å². The van der Waals surface area contributed by atoms with Crippen LogP contribution in [0, 0.1) is 0 Å². The molecule has 0 unspecified atom stereocenters. The second-order valence-electron chi connectivity index (χ2n) is 5.97. The van der Waals surface area contributed by atoms with Crippen molar-refractivity contribution >= 4 is 11.8 Å². The molecular formula is C17H22N2O4. The van der Waals surface area contributed by atoms with Crippen LogP contribution in [0.25, 0.3) is 0 Å². The number of nitrogens with one attached hydrogen (secondary N) is 2. The Morgan fingerprint density at radius 2 is 2.13 bits per heavy atom. The van der Waals surface area contributed by atoms with Crippen LogP contribution < -0.4 is 15.4 Å². The van der Waals surface area contributed by atoms with Crippen LogP contribution in [0.3, 0.4) is 0 Å². The number of hydrogen-bond acceptors (Lipinski definition) is 4. The van der Waals surface area contributed by atoms with Gasteiger partial charge in [-0.05, 0) is 37.0 Å². The molecule has 23 heavy (non-hydrogen) atoms. The highest BCUT2D eigenvalue weighted by molar-refractivity contribution is 5.90. The van der Waals surface area contributed by atoms with Gasteiger partial charge in [0.1, 0.15) is 18.4 Å². The second-order valence-corrected chi connectivity index (χ2v) is 5.97. The molecule has 2 amide bonds. The number of rotatable bonds is 6. The third-order valence-corrected chi connectivity index (χ3v) is 4.16. The molecule has 3 rings (SSSR count). The van der Waals surface area contributed by atoms with E-state index in [0.29, 0.717) is 26.0 Å². The fourth-order valence-corrected chi connectivity index (χ4v) is 2.79. The zero-order valence-corrected chi connectivity index (χ0v) is 13.0. The summed E-state index contributed by atoms with van der Waals surface area (Å²) in [7, 11) is 0. The Balaban J connectivity index is 1.42. The number of amides is 2. The van der Waals surface area contributed by atoms with E-state index in [2.05, 4.69) is 10.6 Å². The van der Waals surface area contributed by atoms with Gasteiger partial charge >= 0.3 is 0 Å². The summed E-state index contributed by atoms with van der Waals surface area (Å²) in [5, 5.41) is 5.50. The van der Waals surface area contributed by atoms with E-state index in [4.69, 9.17) is 9.47 Å². The summed E-state index contributed by atoms with van der Waals surface area (Å²) in [5.41, 5.74) is 0.993. The molecule has 1 aromatic rings. The third-order valence-electron chi connectivity index (χ3n) is 4.16. The molecule has 2 saturated heterocycles. The van der Waals surface area contributed by atoms with Crippen LogP contribution in [0.4, 0.5) is 0 Å². The lowest BCUT2D eigenvalue weighted by atomic mass is 10.2. The number of carbonyl (C=O) groups excluding carboxylic acids is 2. The Labute approximate surface area is 135 Å². The summed E-state index contributed by atoms with van der Waals surface area (Å²) < 4.78 is 11.2. The molecule has 124 valence electrons. The summed E-state index contributed by atoms with van der Waals surface area (Å²) in [6.45, 7) is 1.85. The van der Waals surface area contributed by atoms with E-state index in [0.717, 1.165) is 30.8 Å². The van der Waals surface area contributed by atoms with Crippen molar-refractivity contribution < 1.29 is 19.1 Å². The average molecular weight is 318 g/mol. The molecule has 2 N–H and O–H groups in total. The zero-order chi connectivity index (χ0) is 16.1. The molecule has 2 aliphatic heterocycles. The smallest absolute Gasteiger partial charge is 0.242 e. The Hall–Kier alpha value is -2.08. The van der Waals surface area contributed by atoms with E-state index < -0.39 is 6.04 Å². The monoisotopic (exact) mass is 318 g/mol. The van der Waals surface area contributed by atoms with Crippen molar-refractivity contribution in [1.29, 1.82) is 0 Å². The summed E-state index contributed by atoms with van der Waals surface area (Å²) in [4.78, 5) is 23.0. The first-order valence-corrected chi connectivity index (χ1v) is 8.11. The van der Waals surface area contributed by atoms with Crippen molar-refractivity contribution in [2.75, 3.05) is 13.2 Å². The van der Waals surface area contributed by atoms with Gasteiger partial charge in [-0.15, -0.1) is 0 Å². The fourth-order valence-electron chi connectivity index (χ4n) is 2.79. The topological polar surface area (TPSA) is 76.7 Å². The SMILES string of the molecule is O=C1CC[C@@H](C(=O)NCc2ccc(OC[C@@H]3CCCO3)cc2)N1. The van der Waals surface area contributed by atoms with Crippen LogP contribution in [0.5, 0.6) is 5.75 Å². The van der Waals surface area contributed by atoms with Crippen LogP contribution in [0.2, 0.25) is 0 Å². The Kier molecular flexibility index (Phi) is 5.12.